The molecule has 0 saturated carbocycles. The minimum Gasteiger partial charge on any atom is -0.267 e. The molecule has 22 heavy (non-hydrogen) atoms. The Morgan fingerprint density at radius 3 is 2.73 bits per heavy atom. The molecule has 0 bridgehead atoms. The van der Waals surface area contributed by atoms with E-state index in [1.165, 1.54) is 22.3 Å². The van der Waals surface area contributed by atoms with Crippen LogP contribution >= 0.6 is 11.3 Å². The molecule has 0 N–H and O–H groups in total. The lowest BCUT2D eigenvalue weighted by Crippen LogP contribution is -2.16. The number of thiophene rings is 1. The van der Waals surface area contributed by atoms with Crippen molar-refractivity contribution in [1.82, 2.24) is 9.66 Å². The van der Waals surface area contributed by atoms with Gasteiger partial charge in [-0.2, -0.15) is 15.0 Å². The summed E-state index contributed by atoms with van der Waals surface area (Å²) in [6.45, 7) is 3.90. The van der Waals surface area contributed by atoms with Gasteiger partial charge >= 0.3 is 0 Å². The zero-order valence-corrected chi connectivity index (χ0v) is 12.9. The lowest BCUT2D eigenvalue weighted by molar-refractivity contribution is 0.818. The first-order valence-corrected chi connectivity index (χ1v) is 7.43. The number of aryl methyl sites for hydroxylation is 2. The molecule has 108 valence electrons. The molecule has 3 rings (SSSR count). The summed E-state index contributed by atoms with van der Waals surface area (Å²) in [5.74, 6) is 0. The van der Waals surface area contributed by atoms with E-state index < -0.39 is 0 Å². The van der Waals surface area contributed by atoms with Gasteiger partial charge < -0.3 is 0 Å². The second kappa shape index (κ2) is 5.54. The van der Waals surface area contributed by atoms with E-state index in [9.17, 15) is 4.79 Å². The fourth-order valence-corrected chi connectivity index (χ4v) is 3.07. The van der Waals surface area contributed by atoms with Crippen molar-refractivity contribution in [3.63, 3.8) is 0 Å². The van der Waals surface area contributed by atoms with Crippen molar-refractivity contribution in [3.8, 4) is 6.07 Å². The van der Waals surface area contributed by atoms with Crippen molar-refractivity contribution in [1.29, 1.82) is 5.26 Å². The van der Waals surface area contributed by atoms with Crippen molar-refractivity contribution >= 4 is 27.8 Å². The summed E-state index contributed by atoms with van der Waals surface area (Å²) in [7, 11) is 0. The molecule has 2 aromatic heterocycles. The molecule has 2 heterocycles. The van der Waals surface area contributed by atoms with E-state index in [-0.39, 0.29) is 5.56 Å². The topological polar surface area (TPSA) is 71.0 Å². The third kappa shape index (κ3) is 2.43. The molecule has 0 aliphatic heterocycles. The van der Waals surface area contributed by atoms with Crippen LogP contribution < -0.4 is 5.56 Å². The predicted octanol–water partition coefficient (Wildman–Crippen LogP) is 2.83. The van der Waals surface area contributed by atoms with Crippen LogP contribution in [0.3, 0.4) is 0 Å². The van der Waals surface area contributed by atoms with Gasteiger partial charge in [-0.3, -0.25) is 4.79 Å². The molecule has 0 aliphatic carbocycles. The van der Waals surface area contributed by atoms with Gasteiger partial charge in [-0.25, -0.2) is 4.98 Å². The fourth-order valence-electron chi connectivity index (χ4n) is 2.08. The highest BCUT2D eigenvalue weighted by molar-refractivity contribution is 7.18. The van der Waals surface area contributed by atoms with E-state index in [0.29, 0.717) is 10.9 Å². The zero-order valence-electron chi connectivity index (χ0n) is 12.1. The molecule has 0 atom stereocenters. The SMILES string of the molecule is Cc1sc2ncn(N=Cc3ccc(C#N)cc3)c(=O)c2c1C. The summed E-state index contributed by atoms with van der Waals surface area (Å²) in [4.78, 5) is 18.6. The fraction of sp³-hybridized carbons (Fsp3) is 0.125. The molecule has 5 nitrogen and oxygen atoms in total. The minimum atomic E-state index is -0.170. The third-order valence-corrected chi connectivity index (χ3v) is 4.56. The summed E-state index contributed by atoms with van der Waals surface area (Å²) in [6, 6.07) is 9.02. The Bertz CT molecular complexity index is 974. The summed E-state index contributed by atoms with van der Waals surface area (Å²) in [5.41, 5.74) is 2.18. The van der Waals surface area contributed by atoms with Gasteiger partial charge in [0.1, 0.15) is 11.2 Å². The van der Waals surface area contributed by atoms with Crippen LogP contribution in [-0.4, -0.2) is 15.9 Å². The van der Waals surface area contributed by atoms with E-state index in [4.69, 9.17) is 5.26 Å². The van der Waals surface area contributed by atoms with Gasteiger partial charge in [0.05, 0.1) is 23.2 Å². The van der Waals surface area contributed by atoms with Crippen LogP contribution in [0.1, 0.15) is 21.6 Å². The molecule has 0 unspecified atom stereocenters. The predicted molar refractivity (Wildman–Crippen MR) is 87.5 cm³/mol. The smallest absolute Gasteiger partial charge is 0.267 e. The Kier molecular flexibility index (Phi) is 3.57. The highest BCUT2D eigenvalue weighted by atomic mass is 32.1. The van der Waals surface area contributed by atoms with Crippen molar-refractivity contribution in [2.75, 3.05) is 0 Å². The molecular formula is C16H12N4OS. The molecule has 0 spiro atoms. The van der Waals surface area contributed by atoms with Gasteiger partial charge in [0, 0.05) is 4.88 Å². The maximum atomic E-state index is 12.5. The maximum Gasteiger partial charge on any atom is 0.282 e. The molecular weight excluding hydrogens is 296 g/mol. The first-order chi connectivity index (χ1) is 10.6. The van der Waals surface area contributed by atoms with Gasteiger partial charge in [0.2, 0.25) is 0 Å². The number of hydrogen-bond acceptors (Lipinski definition) is 5. The molecule has 1 aromatic carbocycles. The van der Waals surface area contributed by atoms with E-state index in [1.54, 1.807) is 30.5 Å². The van der Waals surface area contributed by atoms with Crippen LogP contribution in [0.2, 0.25) is 0 Å². The van der Waals surface area contributed by atoms with Gasteiger partial charge in [-0.1, -0.05) is 12.1 Å². The molecule has 0 radical (unpaired) electrons. The van der Waals surface area contributed by atoms with Crippen molar-refractivity contribution in [3.05, 3.63) is 62.5 Å². The maximum absolute atomic E-state index is 12.5. The molecule has 0 saturated heterocycles. The highest BCUT2D eigenvalue weighted by Crippen LogP contribution is 2.25. The molecule has 0 aliphatic rings. The van der Waals surface area contributed by atoms with Gasteiger partial charge in [0.15, 0.2) is 0 Å². The molecule has 0 fully saturated rings. The van der Waals surface area contributed by atoms with Crippen LogP contribution in [0.4, 0.5) is 0 Å². The monoisotopic (exact) mass is 308 g/mol. The second-order valence-electron chi connectivity index (χ2n) is 4.84. The molecule has 0 amide bonds. The van der Waals surface area contributed by atoms with E-state index >= 15 is 0 Å². The first kappa shape index (κ1) is 14.2. The number of nitriles is 1. The molecule has 6 heteroatoms. The summed E-state index contributed by atoms with van der Waals surface area (Å²) < 4.78 is 1.24. The second-order valence-corrected chi connectivity index (χ2v) is 6.04. The summed E-state index contributed by atoms with van der Waals surface area (Å²) >= 11 is 1.51. The van der Waals surface area contributed by atoms with Crippen LogP contribution in [0.5, 0.6) is 0 Å². The lowest BCUT2D eigenvalue weighted by atomic mass is 10.2. The normalized spacial score (nSPS) is 11.1. The number of benzene rings is 1. The number of hydrogen-bond donors (Lipinski definition) is 0. The standard InChI is InChI=1S/C16H12N4OS/c1-10-11(2)22-15-14(10)16(21)20(9-18-15)19-8-13-5-3-12(7-17)4-6-13/h3-6,8-9H,1-2H3. The Labute approximate surface area is 130 Å². The number of fused-ring (bicyclic) bond motifs is 1. The zero-order chi connectivity index (χ0) is 15.7. The van der Waals surface area contributed by atoms with Gasteiger partial charge in [-0.15, -0.1) is 11.3 Å². The van der Waals surface area contributed by atoms with Crippen molar-refractivity contribution in [2.45, 2.75) is 13.8 Å². The van der Waals surface area contributed by atoms with E-state index in [2.05, 4.69) is 16.2 Å². The summed E-state index contributed by atoms with van der Waals surface area (Å²) in [6.07, 6.45) is 3.00. The van der Waals surface area contributed by atoms with Crippen LogP contribution in [0, 0.1) is 25.2 Å². The Balaban J connectivity index is 2.01. The van der Waals surface area contributed by atoms with E-state index in [1.807, 2.05) is 13.8 Å². The van der Waals surface area contributed by atoms with Crippen LogP contribution in [0.25, 0.3) is 10.2 Å². The number of aromatic nitrogens is 2. The van der Waals surface area contributed by atoms with Gasteiger partial charge in [-0.05, 0) is 37.1 Å². The quantitative estimate of drug-likeness (QED) is 0.683. The number of rotatable bonds is 2. The van der Waals surface area contributed by atoms with Gasteiger partial charge in [0.25, 0.3) is 5.56 Å². The lowest BCUT2D eigenvalue weighted by Gasteiger charge is -1.98. The van der Waals surface area contributed by atoms with Crippen LogP contribution in [-0.2, 0) is 0 Å². The third-order valence-electron chi connectivity index (χ3n) is 3.44. The Morgan fingerprint density at radius 1 is 1.32 bits per heavy atom. The van der Waals surface area contributed by atoms with Crippen molar-refractivity contribution < 1.29 is 0 Å². The average Bonchev–Trinajstić information content (AvgIpc) is 2.83. The van der Waals surface area contributed by atoms with E-state index in [0.717, 1.165) is 20.8 Å². The Morgan fingerprint density at radius 2 is 2.05 bits per heavy atom. The first-order valence-electron chi connectivity index (χ1n) is 6.62. The molecule has 3 aromatic rings. The number of nitrogens with zero attached hydrogens (tertiary/aromatic N) is 4. The van der Waals surface area contributed by atoms with Crippen molar-refractivity contribution in [2.24, 2.45) is 5.10 Å². The summed E-state index contributed by atoms with van der Waals surface area (Å²) in [5, 5.41) is 13.6. The highest BCUT2D eigenvalue weighted by Gasteiger charge is 2.11. The minimum absolute atomic E-state index is 0.170. The largest absolute Gasteiger partial charge is 0.282 e. The Hall–Kier alpha value is -2.78. The van der Waals surface area contributed by atoms with Crippen LogP contribution in [0.15, 0.2) is 40.5 Å². The average molecular weight is 308 g/mol.